The van der Waals surface area contributed by atoms with Gasteiger partial charge < -0.3 is 15.4 Å². The molecule has 1 amide bonds. The zero-order valence-electron chi connectivity index (χ0n) is 16.0. The molecule has 2 N–H and O–H groups in total. The number of sulfonamides is 1. The molecule has 0 aliphatic heterocycles. The molecule has 7 nitrogen and oxygen atoms in total. The zero-order chi connectivity index (χ0) is 20.7. The van der Waals surface area contributed by atoms with Crippen LogP contribution in [-0.2, 0) is 14.8 Å². The minimum Gasteiger partial charge on any atom is -0.495 e. The summed E-state index contributed by atoms with van der Waals surface area (Å²) in [7, 11) is -2.18. The van der Waals surface area contributed by atoms with Crippen molar-refractivity contribution in [1.82, 2.24) is 4.31 Å². The van der Waals surface area contributed by atoms with Crippen molar-refractivity contribution in [2.24, 2.45) is 0 Å². The lowest BCUT2D eigenvalue weighted by molar-refractivity contribution is -0.114. The predicted molar refractivity (Wildman–Crippen MR) is 114 cm³/mol. The zero-order valence-corrected chi connectivity index (χ0v) is 18.4. The summed E-state index contributed by atoms with van der Waals surface area (Å²) >= 11 is 3.37. The van der Waals surface area contributed by atoms with E-state index >= 15 is 0 Å². The molecule has 0 aliphatic rings. The Morgan fingerprint density at radius 3 is 2.46 bits per heavy atom. The van der Waals surface area contributed by atoms with E-state index in [1.165, 1.54) is 29.6 Å². The molecule has 0 spiro atoms. The summed E-state index contributed by atoms with van der Waals surface area (Å²) in [5, 5.41) is 5.73. The number of ether oxygens (including phenoxy) is 1. The second-order valence-electron chi connectivity index (χ2n) is 5.86. The lowest BCUT2D eigenvalue weighted by Crippen LogP contribution is -2.30. The summed E-state index contributed by atoms with van der Waals surface area (Å²) in [6.07, 6.45) is 0. The number of halogens is 1. The molecule has 2 aromatic rings. The highest BCUT2D eigenvalue weighted by Crippen LogP contribution is 2.29. The normalized spacial score (nSPS) is 11.3. The van der Waals surface area contributed by atoms with Crippen LogP contribution in [0.4, 0.5) is 11.4 Å². The van der Waals surface area contributed by atoms with Crippen molar-refractivity contribution in [1.29, 1.82) is 0 Å². The SMILES string of the molecule is CCN(CC)S(=O)(=O)c1ccc(OC)c(NC(=O)CNc2cccc(Br)c2)c1. The van der Waals surface area contributed by atoms with E-state index in [2.05, 4.69) is 26.6 Å². The van der Waals surface area contributed by atoms with Gasteiger partial charge in [-0.1, -0.05) is 35.8 Å². The molecule has 0 fully saturated rings. The lowest BCUT2D eigenvalue weighted by Gasteiger charge is -2.19. The number of hydrogen-bond acceptors (Lipinski definition) is 5. The van der Waals surface area contributed by atoms with Crippen molar-refractivity contribution < 1.29 is 17.9 Å². The highest BCUT2D eigenvalue weighted by Gasteiger charge is 2.23. The monoisotopic (exact) mass is 469 g/mol. The van der Waals surface area contributed by atoms with E-state index in [1.54, 1.807) is 13.8 Å². The van der Waals surface area contributed by atoms with E-state index in [0.29, 0.717) is 24.5 Å². The van der Waals surface area contributed by atoms with E-state index in [-0.39, 0.29) is 17.3 Å². The first kappa shape index (κ1) is 22.2. The summed E-state index contributed by atoms with van der Waals surface area (Å²) in [5.74, 6) is 0.0602. The first-order chi connectivity index (χ1) is 13.3. The smallest absolute Gasteiger partial charge is 0.243 e. The van der Waals surface area contributed by atoms with Crippen LogP contribution in [0.2, 0.25) is 0 Å². The van der Waals surface area contributed by atoms with Crippen molar-refractivity contribution in [3.8, 4) is 5.75 Å². The van der Waals surface area contributed by atoms with Gasteiger partial charge >= 0.3 is 0 Å². The third kappa shape index (κ3) is 5.46. The molecular formula is C19H24BrN3O4S. The Balaban J connectivity index is 2.18. The average molecular weight is 470 g/mol. The first-order valence-corrected chi connectivity index (χ1v) is 11.0. The van der Waals surface area contributed by atoms with Crippen LogP contribution in [0.25, 0.3) is 0 Å². The van der Waals surface area contributed by atoms with Gasteiger partial charge in [0.05, 0.1) is 24.2 Å². The molecule has 28 heavy (non-hydrogen) atoms. The summed E-state index contributed by atoms with van der Waals surface area (Å²) in [4.78, 5) is 12.4. The van der Waals surface area contributed by atoms with E-state index in [9.17, 15) is 13.2 Å². The Labute approximate surface area is 174 Å². The van der Waals surface area contributed by atoms with Gasteiger partial charge in [-0.25, -0.2) is 8.42 Å². The van der Waals surface area contributed by atoms with Gasteiger partial charge in [0.25, 0.3) is 0 Å². The highest BCUT2D eigenvalue weighted by atomic mass is 79.9. The first-order valence-electron chi connectivity index (χ1n) is 8.79. The van der Waals surface area contributed by atoms with Gasteiger partial charge in [-0.2, -0.15) is 4.31 Å². The number of amides is 1. The number of carbonyl (C=O) groups excluding carboxylic acids is 1. The number of methoxy groups -OCH3 is 1. The molecular weight excluding hydrogens is 446 g/mol. The van der Waals surface area contributed by atoms with Crippen molar-refractivity contribution >= 4 is 43.2 Å². The quantitative estimate of drug-likeness (QED) is 0.586. The number of nitrogens with one attached hydrogen (secondary N) is 2. The van der Waals surface area contributed by atoms with E-state index in [1.807, 2.05) is 24.3 Å². The van der Waals surface area contributed by atoms with Gasteiger partial charge in [-0.3, -0.25) is 4.79 Å². The van der Waals surface area contributed by atoms with Crippen molar-refractivity contribution in [2.75, 3.05) is 37.4 Å². The fraction of sp³-hybridized carbons (Fsp3) is 0.316. The molecule has 0 saturated carbocycles. The summed E-state index contributed by atoms with van der Waals surface area (Å²) in [5.41, 5.74) is 1.09. The van der Waals surface area contributed by atoms with Crippen LogP contribution in [0.1, 0.15) is 13.8 Å². The van der Waals surface area contributed by atoms with E-state index in [0.717, 1.165) is 10.2 Å². The summed E-state index contributed by atoms with van der Waals surface area (Å²) in [6.45, 7) is 4.31. The fourth-order valence-corrected chi connectivity index (χ4v) is 4.52. The minimum absolute atomic E-state index is 0.0205. The highest BCUT2D eigenvalue weighted by molar-refractivity contribution is 9.10. The topological polar surface area (TPSA) is 87.7 Å². The van der Waals surface area contributed by atoms with Crippen molar-refractivity contribution in [3.05, 3.63) is 46.9 Å². The molecule has 2 aromatic carbocycles. The molecule has 0 unspecified atom stereocenters. The second-order valence-corrected chi connectivity index (χ2v) is 8.72. The summed E-state index contributed by atoms with van der Waals surface area (Å²) in [6, 6.07) is 11.9. The average Bonchev–Trinajstić information content (AvgIpc) is 2.67. The molecule has 0 saturated heterocycles. The Morgan fingerprint density at radius 1 is 1.14 bits per heavy atom. The Bertz CT molecular complexity index is 931. The summed E-state index contributed by atoms with van der Waals surface area (Å²) < 4.78 is 33.0. The van der Waals surface area contributed by atoms with Gasteiger partial charge in [0.1, 0.15) is 5.75 Å². The molecule has 0 atom stereocenters. The van der Waals surface area contributed by atoms with Crippen LogP contribution in [0.3, 0.4) is 0 Å². The molecule has 0 bridgehead atoms. The number of rotatable bonds is 9. The third-order valence-electron chi connectivity index (χ3n) is 4.07. The lowest BCUT2D eigenvalue weighted by atomic mass is 10.3. The number of hydrogen-bond donors (Lipinski definition) is 2. The largest absolute Gasteiger partial charge is 0.495 e. The number of anilines is 2. The van der Waals surface area contributed by atoms with Gasteiger partial charge in [0.2, 0.25) is 15.9 Å². The molecule has 152 valence electrons. The molecule has 9 heteroatoms. The number of nitrogens with zero attached hydrogens (tertiary/aromatic N) is 1. The van der Waals surface area contributed by atoms with Crippen molar-refractivity contribution in [2.45, 2.75) is 18.7 Å². The maximum absolute atomic E-state index is 12.7. The standard InChI is InChI=1S/C19H24BrN3O4S/c1-4-23(5-2)28(25,26)16-9-10-18(27-3)17(12-16)22-19(24)13-21-15-8-6-7-14(20)11-15/h6-12,21H,4-5,13H2,1-3H3,(H,22,24). The minimum atomic E-state index is -3.64. The Morgan fingerprint density at radius 2 is 1.86 bits per heavy atom. The van der Waals surface area contributed by atoms with Crippen molar-refractivity contribution in [3.63, 3.8) is 0 Å². The van der Waals surface area contributed by atoms with Gasteiger partial charge in [-0.05, 0) is 36.4 Å². The van der Waals surface area contributed by atoms with Crippen LogP contribution < -0.4 is 15.4 Å². The number of carbonyl (C=O) groups is 1. The van der Waals surface area contributed by atoms with E-state index in [4.69, 9.17) is 4.74 Å². The molecule has 0 aromatic heterocycles. The Kier molecular flexibility index (Phi) is 7.85. The fourth-order valence-electron chi connectivity index (χ4n) is 2.63. The van der Waals surface area contributed by atoms with Gasteiger partial charge in [0.15, 0.2) is 0 Å². The molecule has 0 aliphatic carbocycles. The van der Waals surface area contributed by atoms with Crippen LogP contribution in [-0.4, -0.2) is 45.4 Å². The second kappa shape index (κ2) is 9.90. The maximum Gasteiger partial charge on any atom is 0.243 e. The predicted octanol–water partition coefficient (Wildman–Crippen LogP) is 3.54. The molecule has 0 heterocycles. The number of benzene rings is 2. The van der Waals surface area contributed by atoms with Gasteiger partial charge in [0, 0.05) is 23.2 Å². The van der Waals surface area contributed by atoms with Crippen LogP contribution >= 0.6 is 15.9 Å². The van der Waals surface area contributed by atoms with E-state index < -0.39 is 10.0 Å². The molecule has 0 radical (unpaired) electrons. The third-order valence-corrected chi connectivity index (χ3v) is 6.61. The van der Waals surface area contributed by atoms with Gasteiger partial charge in [-0.15, -0.1) is 0 Å². The van der Waals surface area contributed by atoms with Crippen LogP contribution in [0.5, 0.6) is 5.75 Å². The Hall–Kier alpha value is -2.10. The van der Waals surface area contributed by atoms with Crippen LogP contribution in [0.15, 0.2) is 51.8 Å². The van der Waals surface area contributed by atoms with Crippen LogP contribution in [0, 0.1) is 0 Å². The molecule has 2 rings (SSSR count). The maximum atomic E-state index is 12.7.